The molecule has 1 aliphatic carbocycles. The second kappa shape index (κ2) is 7.32. The third-order valence-electron chi connectivity index (χ3n) is 5.19. The van der Waals surface area contributed by atoms with Crippen molar-refractivity contribution in [2.45, 2.75) is 51.9 Å². The molecule has 0 radical (unpaired) electrons. The number of hydrogen-bond acceptors (Lipinski definition) is 2. The first-order valence-corrected chi connectivity index (χ1v) is 8.95. The lowest BCUT2D eigenvalue weighted by atomic mass is 9.94. The minimum atomic E-state index is -0.466. The van der Waals surface area contributed by atoms with E-state index in [1.807, 2.05) is 6.92 Å². The Morgan fingerprint density at radius 1 is 1.33 bits per heavy atom. The van der Waals surface area contributed by atoms with E-state index < -0.39 is 5.82 Å². The van der Waals surface area contributed by atoms with Crippen LogP contribution in [0.1, 0.15) is 51.9 Å². The van der Waals surface area contributed by atoms with Crippen LogP contribution in [-0.4, -0.2) is 18.4 Å². The highest BCUT2D eigenvalue weighted by molar-refractivity contribution is 5.96. The van der Waals surface area contributed by atoms with Gasteiger partial charge in [-0.1, -0.05) is 32.6 Å². The predicted molar refractivity (Wildman–Crippen MR) is 92.4 cm³/mol. The van der Waals surface area contributed by atoms with Crippen molar-refractivity contribution >= 4 is 23.2 Å². The molecule has 130 valence electrons. The van der Waals surface area contributed by atoms with Gasteiger partial charge < -0.3 is 10.2 Å². The summed E-state index contributed by atoms with van der Waals surface area (Å²) in [5, 5.41) is 2.80. The molecule has 4 nitrogen and oxygen atoms in total. The van der Waals surface area contributed by atoms with Crippen molar-refractivity contribution < 1.29 is 14.0 Å². The Labute approximate surface area is 142 Å². The minimum absolute atomic E-state index is 0.0455. The Kier molecular flexibility index (Phi) is 5.17. The van der Waals surface area contributed by atoms with Gasteiger partial charge in [-0.15, -0.1) is 0 Å². The van der Waals surface area contributed by atoms with Gasteiger partial charge in [0.1, 0.15) is 5.82 Å². The lowest BCUT2D eigenvalue weighted by molar-refractivity contribution is -0.120. The van der Waals surface area contributed by atoms with Gasteiger partial charge >= 0.3 is 0 Å². The molecule has 0 aromatic heterocycles. The molecule has 2 fully saturated rings. The van der Waals surface area contributed by atoms with Crippen molar-refractivity contribution in [1.82, 2.24) is 0 Å². The zero-order chi connectivity index (χ0) is 17.1. The first kappa shape index (κ1) is 16.9. The van der Waals surface area contributed by atoms with Gasteiger partial charge in [-0.25, -0.2) is 4.39 Å². The third-order valence-corrected chi connectivity index (χ3v) is 5.19. The van der Waals surface area contributed by atoms with Gasteiger partial charge in [0, 0.05) is 24.6 Å². The van der Waals surface area contributed by atoms with Gasteiger partial charge in [0.05, 0.1) is 5.69 Å². The minimum Gasteiger partial charge on any atom is -0.326 e. The lowest BCUT2D eigenvalue weighted by Gasteiger charge is -2.18. The number of hydrogen-bond donors (Lipinski definition) is 1. The molecule has 1 aliphatic heterocycles. The molecule has 24 heavy (non-hydrogen) atoms. The summed E-state index contributed by atoms with van der Waals surface area (Å²) in [6, 6.07) is 4.56. The van der Waals surface area contributed by atoms with Crippen molar-refractivity contribution in [3.05, 3.63) is 24.0 Å². The Bertz CT molecular complexity index is 626. The van der Waals surface area contributed by atoms with E-state index in [-0.39, 0.29) is 17.7 Å². The molecule has 3 rings (SSSR count). The van der Waals surface area contributed by atoms with Crippen LogP contribution in [0.25, 0.3) is 0 Å². The SMILES string of the molecule is CC(CC1CCCC1)C(=O)Nc1ccc(N2CCCC2=O)c(F)c1. The molecule has 1 unspecified atom stereocenters. The molecule has 1 aromatic rings. The molecule has 1 saturated carbocycles. The largest absolute Gasteiger partial charge is 0.326 e. The van der Waals surface area contributed by atoms with Crippen LogP contribution in [-0.2, 0) is 9.59 Å². The van der Waals surface area contributed by atoms with Crippen LogP contribution >= 0.6 is 0 Å². The van der Waals surface area contributed by atoms with E-state index in [1.165, 1.54) is 36.6 Å². The number of benzene rings is 1. The van der Waals surface area contributed by atoms with Gasteiger partial charge in [-0.2, -0.15) is 0 Å². The van der Waals surface area contributed by atoms with Gasteiger partial charge in [-0.05, 0) is 37.0 Å². The molecule has 1 N–H and O–H groups in total. The highest BCUT2D eigenvalue weighted by Gasteiger charge is 2.25. The van der Waals surface area contributed by atoms with Crippen molar-refractivity contribution in [2.24, 2.45) is 11.8 Å². The Morgan fingerprint density at radius 2 is 2.08 bits per heavy atom. The molecule has 1 atom stereocenters. The number of halogens is 1. The van der Waals surface area contributed by atoms with Crippen molar-refractivity contribution in [3.8, 4) is 0 Å². The maximum atomic E-state index is 14.3. The molecular weight excluding hydrogens is 307 g/mol. The molecule has 0 bridgehead atoms. The highest BCUT2D eigenvalue weighted by Crippen LogP contribution is 2.31. The molecule has 2 amide bonds. The molecule has 2 aliphatic rings. The molecule has 1 saturated heterocycles. The number of rotatable bonds is 5. The number of carbonyl (C=O) groups is 2. The summed E-state index contributed by atoms with van der Waals surface area (Å²) in [7, 11) is 0. The van der Waals surface area contributed by atoms with E-state index >= 15 is 0 Å². The summed E-state index contributed by atoms with van der Waals surface area (Å²) in [5.41, 5.74) is 0.751. The van der Waals surface area contributed by atoms with E-state index in [0.717, 1.165) is 12.8 Å². The van der Waals surface area contributed by atoms with Crippen LogP contribution in [0.4, 0.5) is 15.8 Å². The van der Waals surface area contributed by atoms with E-state index in [4.69, 9.17) is 0 Å². The van der Waals surface area contributed by atoms with Gasteiger partial charge in [0.15, 0.2) is 0 Å². The first-order valence-electron chi connectivity index (χ1n) is 8.95. The van der Waals surface area contributed by atoms with Crippen LogP contribution < -0.4 is 10.2 Å². The summed E-state index contributed by atoms with van der Waals surface area (Å²) in [5.74, 6) is -0.00398. The summed E-state index contributed by atoms with van der Waals surface area (Å²) in [6.07, 6.45) is 7.08. The fraction of sp³-hybridized carbons (Fsp3) is 0.579. The van der Waals surface area contributed by atoms with Crippen LogP contribution in [0, 0.1) is 17.7 Å². The van der Waals surface area contributed by atoms with Crippen molar-refractivity contribution in [3.63, 3.8) is 0 Å². The topological polar surface area (TPSA) is 49.4 Å². The monoisotopic (exact) mass is 332 g/mol. The maximum absolute atomic E-state index is 14.3. The second-order valence-electron chi connectivity index (χ2n) is 7.09. The number of anilines is 2. The number of amides is 2. The smallest absolute Gasteiger partial charge is 0.227 e. The summed E-state index contributed by atoms with van der Waals surface area (Å²) in [4.78, 5) is 25.5. The molecule has 5 heteroatoms. The average molecular weight is 332 g/mol. The molecule has 0 spiro atoms. The van der Waals surface area contributed by atoms with Crippen LogP contribution in [0.2, 0.25) is 0 Å². The van der Waals surface area contributed by atoms with Gasteiger partial charge in [-0.3, -0.25) is 9.59 Å². The van der Waals surface area contributed by atoms with Crippen LogP contribution in [0.15, 0.2) is 18.2 Å². The van der Waals surface area contributed by atoms with Gasteiger partial charge in [0.25, 0.3) is 0 Å². The lowest BCUT2D eigenvalue weighted by Crippen LogP contribution is -2.25. The first-order chi connectivity index (χ1) is 11.5. The molecule has 1 heterocycles. The van der Waals surface area contributed by atoms with Crippen LogP contribution in [0.3, 0.4) is 0 Å². The van der Waals surface area contributed by atoms with E-state index in [2.05, 4.69) is 5.32 Å². The quantitative estimate of drug-likeness (QED) is 0.882. The zero-order valence-corrected chi connectivity index (χ0v) is 14.2. The van der Waals surface area contributed by atoms with Crippen LogP contribution in [0.5, 0.6) is 0 Å². The fourth-order valence-electron chi connectivity index (χ4n) is 3.82. The normalized spacial score (nSPS) is 19.8. The fourth-order valence-corrected chi connectivity index (χ4v) is 3.82. The third kappa shape index (κ3) is 3.77. The number of carbonyl (C=O) groups excluding carboxylic acids is 2. The second-order valence-corrected chi connectivity index (χ2v) is 7.09. The summed E-state index contributed by atoms with van der Waals surface area (Å²) >= 11 is 0. The average Bonchev–Trinajstić information content (AvgIpc) is 3.19. The predicted octanol–water partition coefficient (Wildman–Crippen LogP) is 4.11. The molecular formula is C19H25FN2O2. The molecule has 1 aromatic carbocycles. The maximum Gasteiger partial charge on any atom is 0.227 e. The zero-order valence-electron chi connectivity index (χ0n) is 14.2. The van der Waals surface area contributed by atoms with Crippen molar-refractivity contribution in [1.29, 1.82) is 0 Å². The summed E-state index contributed by atoms with van der Waals surface area (Å²) in [6.45, 7) is 2.49. The van der Waals surface area contributed by atoms with E-state index in [1.54, 1.807) is 12.1 Å². The number of nitrogens with zero attached hydrogens (tertiary/aromatic N) is 1. The Hall–Kier alpha value is -1.91. The standard InChI is InChI=1S/C19H25FN2O2/c1-13(11-14-5-2-3-6-14)19(24)21-15-8-9-17(16(20)12-15)22-10-4-7-18(22)23/h8-9,12-14H,2-7,10-11H2,1H3,(H,21,24). The van der Waals surface area contributed by atoms with Gasteiger partial charge in [0.2, 0.25) is 11.8 Å². The van der Waals surface area contributed by atoms with E-state index in [9.17, 15) is 14.0 Å². The number of nitrogens with one attached hydrogen (secondary N) is 1. The Balaban J connectivity index is 1.61. The van der Waals surface area contributed by atoms with Crippen molar-refractivity contribution in [2.75, 3.05) is 16.8 Å². The Morgan fingerprint density at radius 3 is 2.71 bits per heavy atom. The highest BCUT2D eigenvalue weighted by atomic mass is 19.1. The van der Waals surface area contributed by atoms with E-state index in [0.29, 0.717) is 30.3 Å². The summed E-state index contributed by atoms with van der Waals surface area (Å²) < 4.78 is 14.3.